The van der Waals surface area contributed by atoms with Gasteiger partial charge in [-0.3, -0.25) is 4.79 Å². The molecule has 0 radical (unpaired) electrons. The summed E-state index contributed by atoms with van der Waals surface area (Å²) in [6.45, 7) is 1.91. The molecule has 266 valence electrons. The Bertz CT molecular complexity index is 1080. The van der Waals surface area contributed by atoms with Crippen molar-refractivity contribution in [3.8, 4) is 0 Å². The van der Waals surface area contributed by atoms with E-state index in [0.717, 1.165) is 0 Å². The number of ketones is 1. The molecule has 0 bridgehead atoms. The largest absolute Gasteiger partial charge is 0.467 e. The third kappa shape index (κ3) is 7.29. The van der Waals surface area contributed by atoms with Gasteiger partial charge in [0.2, 0.25) is 6.29 Å². The fourth-order valence-corrected chi connectivity index (χ4v) is 7.29. The lowest BCUT2D eigenvalue weighted by atomic mass is 9.59. The van der Waals surface area contributed by atoms with Gasteiger partial charge in [-0.2, -0.15) is 0 Å². The molecule has 2 unspecified atom stereocenters. The average Bonchev–Trinajstić information content (AvgIpc) is 3.42. The molecule has 46 heavy (non-hydrogen) atoms. The van der Waals surface area contributed by atoms with Gasteiger partial charge in [-0.15, -0.1) is 0 Å². The maximum Gasteiger partial charge on any atom is 0.215 e. The Balaban J connectivity index is 1.80. The average molecular weight is 662 g/mol. The van der Waals surface area contributed by atoms with Gasteiger partial charge in [0.05, 0.1) is 36.9 Å². The number of Topliss-reactive ketones (excluding diaryl/α,β-unsaturated/α-hetero) is 1. The van der Waals surface area contributed by atoms with Crippen LogP contribution in [0.25, 0.3) is 0 Å². The standard InChI is InChI=1S/C29H55N7O10/c1-26(41)14-43-25(20(39)22(26)35-2)46-29(9-15(37)5-7-30)23(40)21(45-24-17(32)4-3-16(12-31)44-24)18(33)10-28(29,34)19(38)11-27(42)6-8-36-13-27/h3,15,17-18,20-25,35-37,39-42H,4-14,30-34H2,1-2H3/t15?,17-,18+,20-,21-,22-,23+,24-,25-,26+,27?,28+,29-/m1/s1. The van der Waals surface area contributed by atoms with Crippen molar-refractivity contribution >= 4 is 5.78 Å². The van der Waals surface area contributed by atoms with E-state index in [9.17, 15) is 30.3 Å². The first-order valence-corrected chi connectivity index (χ1v) is 16.0. The van der Waals surface area contributed by atoms with Gasteiger partial charge in [0, 0.05) is 25.4 Å². The summed E-state index contributed by atoms with van der Waals surface area (Å²) in [6, 6.07) is -2.71. The highest BCUT2D eigenvalue weighted by atomic mass is 16.7. The fraction of sp³-hybridized carbons (Fsp3) is 0.897. The Morgan fingerprint density at radius 3 is 2.54 bits per heavy atom. The van der Waals surface area contributed by atoms with E-state index < -0.39 is 96.1 Å². The van der Waals surface area contributed by atoms with Crippen molar-refractivity contribution in [1.82, 2.24) is 10.6 Å². The third-order valence-corrected chi connectivity index (χ3v) is 9.97. The molecule has 1 saturated carbocycles. The van der Waals surface area contributed by atoms with E-state index in [4.69, 9.17) is 47.6 Å². The highest BCUT2D eigenvalue weighted by Gasteiger charge is 2.68. The third-order valence-electron chi connectivity index (χ3n) is 9.97. The summed E-state index contributed by atoms with van der Waals surface area (Å²) in [5.41, 5.74) is 24.1. The topological polar surface area (TPSA) is 309 Å². The summed E-state index contributed by atoms with van der Waals surface area (Å²) in [7, 11) is 1.54. The van der Waals surface area contributed by atoms with E-state index >= 15 is 0 Å². The lowest BCUT2D eigenvalue weighted by Gasteiger charge is -2.59. The van der Waals surface area contributed by atoms with Crippen molar-refractivity contribution in [2.24, 2.45) is 28.7 Å². The number of rotatable bonds is 13. The van der Waals surface area contributed by atoms with Gasteiger partial charge in [0.25, 0.3) is 0 Å². The van der Waals surface area contributed by atoms with Crippen LogP contribution in [0.15, 0.2) is 11.8 Å². The molecular formula is C29H55N7O10. The van der Waals surface area contributed by atoms with Crippen LogP contribution < -0.4 is 39.3 Å². The summed E-state index contributed by atoms with van der Waals surface area (Å²) < 4.78 is 24.4. The molecular weight excluding hydrogens is 606 g/mol. The molecule has 4 aliphatic rings. The number of aliphatic hydroxyl groups excluding tert-OH is 3. The number of carbonyl (C=O) groups excluding carboxylic acids is 1. The minimum Gasteiger partial charge on any atom is -0.467 e. The van der Waals surface area contributed by atoms with Crippen LogP contribution in [-0.2, 0) is 23.7 Å². The van der Waals surface area contributed by atoms with E-state index in [2.05, 4.69) is 10.6 Å². The second kappa shape index (κ2) is 14.6. The first kappa shape index (κ1) is 37.4. The molecule has 3 fully saturated rings. The van der Waals surface area contributed by atoms with Gasteiger partial charge >= 0.3 is 0 Å². The van der Waals surface area contributed by atoms with Gasteiger partial charge in [-0.1, -0.05) is 0 Å². The zero-order valence-corrected chi connectivity index (χ0v) is 26.7. The zero-order chi connectivity index (χ0) is 34.1. The maximum absolute atomic E-state index is 14.4. The number of likely N-dealkylation sites (N-methyl/N-ethyl adjacent to an activating group) is 1. The van der Waals surface area contributed by atoms with Gasteiger partial charge in [0.15, 0.2) is 12.1 Å². The molecule has 2 saturated heterocycles. The molecule has 17 nitrogen and oxygen atoms in total. The van der Waals surface area contributed by atoms with Crippen molar-refractivity contribution in [3.05, 3.63) is 11.8 Å². The summed E-state index contributed by atoms with van der Waals surface area (Å²) in [6.07, 6.45) is -7.39. The molecule has 17 heteroatoms. The molecule has 0 amide bonds. The second-order valence-corrected chi connectivity index (χ2v) is 13.6. The van der Waals surface area contributed by atoms with Crippen molar-refractivity contribution in [1.29, 1.82) is 0 Å². The van der Waals surface area contributed by atoms with Crippen LogP contribution in [0, 0.1) is 0 Å². The Morgan fingerprint density at radius 1 is 1.22 bits per heavy atom. The number of carbonyl (C=O) groups is 1. The molecule has 17 N–H and O–H groups in total. The van der Waals surface area contributed by atoms with Gasteiger partial charge in [0.1, 0.15) is 40.8 Å². The van der Waals surface area contributed by atoms with E-state index in [1.165, 1.54) is 14.0 Å². The molecule has 4 rings (SSSR count). The predicted octanol–water partition coefficient (Wildman–Crippen LogP) is -5.33. The summed E-state index contributed by atoms with van der Waals surface area (Å²) in [4.78, 5) is 14.4. The van der Waals surface area contributed by atoms with E-state index in [0.29, 0.717) is 18.7 Å². The van der Waals surface area contributed by atoms with Crippen LogP contribution in [0.3, 0.4) is 0 Å². The number of hydrogen-bond acceptors (Lipinski definition) is 17. The number of β-amino-alcohol motifs (C(OH)–C–C–N with tert-alkyl or cyclic N) is 1. The molecule has 0 aromatic rings. The first-order valence-electron chi connectivity index (χ1n) is 16.0. The number of ether oxygens (including phenoxy) is 4. The van der Waals surface area contributed by atoms with E-state index in [1.54, 1.807) is 6.08 Å². The highest BCUT2D eigenvalue weighted by molar-refractivity contribution is 5.91. The Morgan fingerprint density at radius 2 is 1.93 bits per heavy atom. The lowest BCUT2D eigenvalue weighted by Crippen LogP contribution is -2.82. The smallest absolute Gasteiger partial charge is 0.215 e. The summed E-state index contributed by atoms with van der Waals surface area (Å²) >= 11 is 0. The minimum atomic E-state index is -2.24. The van der Waals surface area contributed by atoms with Crippen LogP contribution in [-0.4, -0.2) is 149 Å². The number of nitrogens with one attached hydrogen (secondary N) is 2. The number of hydrogen-bond donors (Lipinski definition) is 12. The van der Waals surface area contributed by atoms with Crippen LogP contribution in [0.4, 0.5) is 0 Å². The highest BCUT2D eigenvalue weighted by Crippen LogP contribution is 2.47. The molecule has 3 heterocycles. The molecule has 0 aromatic heterocycles. The molecule has 1 aliphatic carbocycles. The van der Waals surface area contributed by atoms with Crippen LogP contribution in [0.2, 0.25) is 0 Å². The molecule has 3 aliphatic heterocycles. The van der Waals surface area contributed by atoms with Crippen LogP contribution >= 0.6 is 0 Å². The quantitative estimate of drug-likeness (QED) is 0.0876. The number of nitrogens with two attached hydrogens (primary N) is 5. The second-order valence-electron chi connectivity index (χ2n) is 13.6. The summed E-state index contributed by atoms with van der Waals surface area (Å²) in [5.74, 6) is -0.259. The number of aliphatic hydroxyl groups is 5. The predicted molar refractivity (Wildman–Crippen MR) is 164 cm³/mol. The van der Waals surface area contributed by atoms with Crippen molar-refractivity contribution in [2.75, 3.05) is 39.8 Å². The van der Waals surface area contributed by atoms with E-state index in [1.807, 2.05) is 0 Å². The zero-order valence-electron chi connectivity index (χ0n) is 26.7. The van der Waals surface area contributed by atoms with Crippen molar-refractivity contribution < 1.29 is 49.3 Å². The molecule has 0 spiro atoms. The molecule has 0 aromatic carbocycles. The van der Waals surface area contributed by atoms with Gasteiger partial charge in [-0.25, -0.2) is 0 Å². The van der Waals surface area contributed by atoms with Crippen molar-refractivity contribution in [3.63, 3.8) is 0 Å². The molecule has 13 atom stereocenters. The SMILES string of the molecule is CN[C@@H]1[C@@H](O)[C@@H](O[C@]2(CC(O)CCN)[C@@H](O)[C@H](O[C@H]3OC(CN)=CC[C@H]3N)[C@@H](N)C[C@]2(N)C(=O)CC2(O)CCNC2)OC[C@]1(C)O. The summed E-state index contributed by atoms with van der Waals surface area (Å²) in [5, 5.41) is 62.9. The van der Waals surface area contributed by atoms with Gasteiger partial charge in [-0.05, 0) is 58.8 Å². The van der Waals surface area contributed by atoms with Gasteiger partial charge < -0.3 is 83.8 Å². The van der Waals surface area contributed by atoms with E-state index in [-0.39, 0.29) is 45.5 Å². The fourth-order valence-electron chi connectivity index (χ4n) is 7.29. The Kier molecular flexibility index (Phi) is 11.9. The minimum absolute atomic E-state index is 0.0384. The monoisotopic (exact) mass is 661 g/mol. The maximum atomic E-state index is 14.4. The van der Waals surface area contributed by atoms with Crippen LogP contribution in [0.1, 0.15) is 45.4 Å². The Hall–Kier alpha value is -1.39. The lowest BCUT2D eigenvalue weighted by molar-refractivity contribution is -0.344. The van der Waals surface area contributed by atoms with Crippen LogP contribution in [0.5, 0.6) is 0 Å². The van der Waals surface area contributed by atoms with Crippen molar-refractivity contribution in [2.45, 2.75) is 123 Å². The Labute approximate surface area is 269 Å². The first-order chi connectivity index (χ1) is 21.6. The normalized spacial score (nSPS) is 45.6.